The first-order chi connectivity index (χ1) is 12.3. The smallest absolute Gasteiger partial charge is 0.327 e. The molecule has 1 aliphatic carbocycles. The van der Waals surface area contributed by atoms with Crippen LogP contribution < -0.4 is 4.74 Å². The Morgan fingerprint density at radius 1 is 0.962 bits per heavy atom. The lowest BCUT2D eigenvalue weighted by Crippen LogP contribution is -2.24. The Morgan fingerprint density at radius 3 is 2.15 bits per heavy atom. The number of ether oxygens (including phenoxy) is 2. The predicted octanol–water partition coefficient (Wildman–Crippen LogP) is 5.10. The summed E-state index contributed by atoms with van der Waals surface area (Å²) < 4.78 is 11.3. The lowest BCUT2D eigenvalue weighted by Gasteiger charge is -2.13. The van der Waals surface area contributed by atoms with Crippen molar-refractivity contribution in [2.75, 3.05) is 0 Å². The van der Waals surface area contributed by atoms with E-state index < -0.39 is 22.2 Å². The summed E-state index contributed by atoms with van der Waals surface area (Å²) in [5.41, 5.74) is -1.11. The molecule has 0 spiro atoms. The molecule has 2 aromatic carbocycles. The summed E-state index contributed by atoms with van der Waals surface area (Å²) >= 11 is 0. The van der Waals surface area contributed by atoms with Crippen molar-refractivity contribution >= 4 is 5.97 Å². The van der Waals surface area contributed by atoms with E-state index in [-0.39, 0.29) is 6.61 Å². The van der Waals surface area contributed by atoms with Crippen molar-refractivity contribution in [3.63, 3.8) is 0 Å². The van der Waals surface area contributed by atoms with Crippen LogP contribution in [0, 0.1) is 27.6 Å². The van der Waals surface area contributed by atoms with Gasteiger partial charge >= 0.3 is 5.97 Å². The van der Waals surface area contributed by atoms with Crippen LogP contribution in [0.1, 0.15) is 33.3 Å². The molecule has 0 aliphatic heterocycles. The van der Waals surface area contributed by atoms with Gasteiger partial charge in [-0.2, -0.15) is 5.26 Å². The van der Waals surface area contributed by atoms with Gasteiger partial charge in [-0.05, 0) is 29.8 Å². The Hall–Kier alpha value is -2.80. The molecule has 0 amide bonds. The zero-order valence-electron chi connectivity index (χ0n) is 15.6. The SMILES string of the molecule is CC1(C)C(C)(C)C1(C#N)C(=O)OCc1cccc(Oc2ccccc2)c1. The van der Waals surface area contributed by atoms with Crippen molar-refractivity contribution in [2.45, 2.75) is 34.3 Å². The molecule has 4 nitrogen and oxygen atoms in total. The molecule has 0 saturated heterocycles. The van der Waals surface area contributed by atoms with E-state index in [1.807, 2.05) is 82.3 Å². The standard InChI is InChI=1S/C22H23NO3/c1-20(2)21(3,4)22(20,15-23)19(24)25-14-16-9-8-12-18(13-16)26-17-10-6-5-7-11-17/h5-13H,14H2,1-4H3. The molecule has 0 bridgehead atoms. The molecule has 134 valence electrons. The third-order valence-electron chi connectivity index (χ3n) is 6.10. The average Bonchev–Trinajstić information content (AvgIpc) is 2.98. The first kappa shape index (κ1) is 18.0. The molecule has 1 fully saturated rings. The third-order valence-corrected chi connectivity index (χ3v) is 6.10. The van der Waals surface area contributed by atoms with Gasteiger partial charge in [-0.15, -0.1) is 0 Å². The fourth-order valence-corrected chi connectivity index (χ4v) is 3.73. The van der Waals surface area contributed by atoms with E-state index in [0.29, 0.717) is 5.75 Å². The second kappa shape index (κ2) is 6.17. The Labute approximate surface area is 154 Å². The van der Waals surface area contributed by atoms with Gasteiger partial charge < -0.3 is 9.47 Å². The molecular formula is C22H23NO3. The topological polar surface area (TPSA) is 59.3 Å². The van der Waals surface area contributed by atoms with Gasteiger partial charge in [-0.3, -0.25) is 4.79 Å². The Balaban J connectivity index is 1.68. The van der Waals surface area contributed by atoms with Crippen LogP contribution in [-0.2, 0) is 16.1 Å². The minimum atomic E-state index is -1.10. The quantitative estimate of drug-likeness (QED) is 0.705. The zero-order valence-corrected chi connectivity index (χ0v) is 15.6. The van der Waals surface area contributed by atoms with Gasteiger partial charge in [0.15, 0.2) is 5.41 Å². The minimum Gasteiger partial charge on any atom is -0.460 e. The van der Waals surface area contributed by atoms with Gasteiger partial charge in [0.05, 0.1) is 6.07 Å². The summed E-state index contributed by atoms with van der Waals surface area (Å²) in [6.07, 6.45) is 0. The number of nitriles is 1. The zero-order chi connectivity index (χ0) is 19.0. The maximum atomic E-state index is 12.7. The van der Waals surface area contributed by atoms with Crippen LogP contribution in [0.2, 0.25) is 0 Å². The highest BCUT2D eigenvalue weighted by Crippen LogP contribution is 2.77. The highest BCUT2D eigenvalue weighted by molar-refractivity contribution is 5.87. The summed E-state index contributed by atoms with van der Waals surface area (Å²) in [4.78, 5) is 12.7. The number of hydrogen-bond acceptors (Lipinski definition) is 4. The fraction of sp³-hybridized carbons (Fsp3) is 0.364. The van der Waals surface area contributed by atoms with Crippen LogP contribution in [-0.4, -0.2) is 5.97 Å². The number of rotatable bonds is 5. The number of carbonyl (C=O) groups is 1. The number of hydrogen-bond donors (Lipinski definition) is 0. The number of benzene rings is 2. The molecule has 0 radical (unpaired) electrons. The second-order valence-electron chi connectivity index (χ2n) is 7.75. The van der Waals surface area contributed by atoms with E-state index in [0.717, 1.165) is 11.3 Å². The van der Waals surface area contributed by atoms with Gasteiger partial charge in [0.25, 0.3) is 0 Å². The number of esters is 1. The van der Waals surface area contributed by atoms with Gasteiger partial charge in [0.1, 0.15) is 18.1 Å². The number of para-hydroxylation sites is 1. The highest BCUT2D eigenvalue weighted by atomic mass is 16.5. The van der Waals surface area contributed by atoms with Gasteiger partial charge in [0.2, 0.25) is 0 Å². The van der Waals surface area contributed by atoms with Gasteiger partial charge in [-0.25, -0.2) is 0 Å². The highest BCUT2D eigenvalue weighted by Gasteiger charge is 2.83. The lowest BCUT2D eigenvalue weighted by molar-refractivity contribution is -0.151. The summed E-state index contributed by atoms with van der Waals surface area (Å²) in [6, 6.07) is 19.1. The van der Waals surface area contributed by atoms with E-state index in [9.17, 15) is 10.1 Å². The molecule has 2 aromatic rings. The van der Waals surface area contributed by atoms with Crippen molar-refractivity contribution in [3.8, 4) is 17.6 Å². The van der Waals surface area contributed by atoms with Crippen LogP contribution in [0.3, 0.4) is 0 Å². The second-order valence-corrected chi connectivity index (χ2v) is 7.75. The summed E-state index contributed by atoms with van der Waals surface area (Å²) in [6.45, 7) is 7.86. The van der Waals surface area contributed by atoms with E-state index in [2.05, 4.69) is 6.07 Å². The van der Waals surface area contributed by atoms with Crippen molar-refractivity contribution in [1.29, 1.82) is 5.26 Å². The van der Waals surface area contributed by atoms with Crippen LogP contribution in [0.4, 0.5) is 0 Å². The largest absolute Gasteiger partial charge is 0.460 e. The molecule has 26 heavy (non-hydrogen) atoms. The molecule has 3 rings (SSSR count). The maximum absolute atomic E-state index is 12.7. The summed E-state index contributed by atoms with van der Waals surface area (Å²) in [7, 11) is 0. The van der Waals surface area contributed by atoms with Crippen molar-refractivity contribution in [1.82, 2.24) is 0 Å². The Kier molecular flexibility index (Phi) is 4.28. The van der Waals surface area contributed by atoms with E-state index in [4.69, 9.17) is 9.47 Å². The molecule has 0 N–H and O–H groups in total. The van der Waals surface area contributed by atoms with Crippen LogP contribution in [0.25, 0.3) is 0 Å². The van der Waals surface area contributed by atoms with Crippen molar-refractivity contribution in [2.24, 2.45) is 16.2 Å². The van der Waals surface area contributed by atoms with E-state index in [1.165, 1.54) is 0 Å². The van der Waals surface area contributed by atoms with Gasteiger partial charge in [-0.1, -0.05) is 58.0 Å². The molecule has 4 heteroatoms. The lowest BCUT2D eigenvalue weighted by atomic mass is 9.97. The summed E-state index contributed by atoms with van der Waals surface area (Å²) in [5.74, 6) is 0.961. The van der Waals surface area contributed by atoms with Gasteiger partial charge in [0, 0.05) is 10.8 Å². The fourth-order valence-electron chi connectivity index (χ4n) is 3.73. The van der Waals surface area contributed by atoms with Crippen LogP contribution in [0.5, 0.6) is 11.5 Å². The molecule has 0 unspecified atom stereocenters. The number of nitrogens with zero attached hydrogens (tertiary/aromatic N) is 1. The molecule has 1 saturated carbocycles. The van der Waals surface area contributed by atoms with E-state index >= 15 is 0 Å². The predicted molar refractivity (Wildman–Crippen MR) is 98.4 cm³/mol. The monoisotopic (exact) mass is 349 g/mol. The Bertz CT molecular complexity index is 848. The molecule has 1 aliphatic rings. The maximum Gasteiger partial charge on any atom is 0.327 e. The summed E-state index contributed by atoms with van der Waals surface area (Å²) in [5, 5.41) is 9.63. The first-order valence-corrected chi connectivity index (χ1v) is 8.66. The van der Waals surface area contributed by atoms with Crippen LogP contribution >= 0.6 is 0 Å². The van der Waals surface area contributed by atoms with E-state index in [1.54, 1.807) is 0 Å². The average molecular weight is 349 g/mol. The molecule has 0 aromatic heterocycles. The van der Waals surface area contributed by atoms with Crippen LogP contribution in [0.15, 0.2) is 54.6 Å². The minimum absolute atomic E-state index is 0.112. The van der Waals surface area contributed by atoms with Crippen molar-refractivity contribution in [3.05, 3.63) is 60.2 Å². The van der Waals surface area contributed by atoms with Crippen molar-refractivity contribution < 1.29 is 14.3 Å². The number of carbonyl (C=O) groups excluding carboxylic acids is 1. The molecule has 0 atom stereocenters. The molecule has 0 heterocycles. The molecular weight excluding hydrogens is 326 g/mol. The first-order valence-electron chi connectivity index (χ1n) is 8.66. The Morgan fingerprint density at radius 2 is 1.58 bits per heavy atom. The third kappa shape index (κ3) is 2.55. The normalized spacial score (nSPS) is 18.4.